The monoisotopic (exact) mass is 574 g/mol. The molecule has 0 unspecified atom stereocenters. The lowest BCUT2D eigenvalue weighted by Crippen LogP contribution is -2.06. The van der Waals surface area contributed by atoms with Crippen molar-refractivity contribution < 1.29 is 23.4 Å². The minimum atomic E-state index is -3.84. The molecule has 0 aliphatic carbocycles. The van der Waals surface area contributed by atoms with E-state index in [1.165, 1.54) is 30.3 Å². The number of sulfone groups is 1. The van der Waals surface area contributed by atoms with Gasteiger partial charge in [0.15, 0.2) is 0 Å². The number of halogens is 3. The van der Waals surface area contributed by atoms with Crippen molar-refractivity contribution in [2.75, 3.05) is 0 Å². The Labute approximate surface area is 163 Å². The summed E-state index contributed by atoms with van der Waals surface area (Å²) in [6.07, 6.45) is -0.214. The molecular weight excluding hydrogens is 567 g/mol. The molecule has 23 heavy (non-hydrogen) atoms. The number of aliphatic carboxylic acids is 1. The lowest BCUT2D eigenvalue weighted by molar-refractivity contribution is -0.136. The molecule has 0 saturated heterocycles. The summed E-state index contributed by atoms with van der Waals surface area (Å²) < 4.78 is 26.6. The standard InChI is InChI=1S/C14H9Br2IO5S/c15-9-3-7(5-13(19)20)4-10(16)14(9)23(21,22)8-1-2-12(18)11(17)6-8/h1-4,6,18H,5H2,(H,19,20). The van der Waals surface area contributed by atoms with Crippen molar-refractivity contribution in [1.29, 1.82) is 0 Å². The first-order valence-electron chi connectivity index (χ1n) is 6.06. The number of phenolic OH excluding ortho intramolecular Hbond substituents is 1. The number of rotatable bonds is 4. The van der Waals surface area contributed by atoms with Gasteiger partial charge in [0, 0.05) is 8.95 Å². The van der Waals surface area contributed by atoms with Crippen LogP contribution in [-0.4, -0.2) is 24.6 Å². The van der Waals surface area contributed by atoms with Crippen LogP contribution in [0.2, 0.25) is 0 Å². The Hall–Kier alpha value is -0.650. The highest BCUT2D eigenvalue weighted by atomic mass is 127. The van der Waals surface area contributed by atoms with Crippen LogP contribution in [0.1, 0.15) is 5.56 Å². The molecule has 0 radical (unpaired) electrons. The third-order valence-corrected chi connectivity index (χ3v) is 7.40. The molecule has 2 aromatic carbocycles. The molecule has 0 aromatic heterocycles. The summed E-state index contributed by atoms with van der Waals surface area (Å²) in [5.74, 6) is -1.01. The second-order valence-electron chi connectivity index (χ2n) is 4.58. The number of phenols is 1. The summed E-state index contributed by atoms with van der Waals surface area (Å²) in [5.41, 5.74) is 0.468. The minimum Gasteiger partial charge on any atom is -0.507 e. The molecule has 9 heteroatoms. The van der Waals surface area contributed by atoms with Gasteiger partial charge < -0.3 is 10.2 Å². The molecule has 2 N–H and O–H groups in total. The van der Waals surface area contributed by atoms with Crippen molar-refractivity contribution in [3.8, 4) is 5.75 Å². The third kappa shape index (κ3) is 4.06. The Balaban J connectivity index is 2.60. The van der Waals surface area contributed by atoms with Gasteiger partial charge >= 0.3 is 5.97 Å². The molecule has 5 nitrogen and oxygen atoms in total. The van der Waals surface area contributed by atoms with Crippen LogP contribution in [0, 0.1) is 3.57 Å². The summed E-state index contributed by atoms with van der Waals surface area (Å²) in [5, 5.41) is 18.4. The zero-order chi connectivity index (χ0) is 17.4. The zero-order valence-electron chi connectivity index (χ0n) is 11.3. The van der Waals surface area contributed by atoms with Crippen LogP contribution in [0.25, 0.3) is 0 Å². The van der Waals surface area contributed by atoms with Crippen LogP contribution in [0.3, 0.4) is 0 Å². The fraction of sp³-hybridized carbons (Fsp3) is 0.0714. The summed E-state index contributed by atoms with van der Waals surface area (Å²) in [6.45, 7) is 0. The average molecular weight is 576 g/mol. The molecule has 0 amide bonds. The van der Waals surface area contributed by atoms with Gasteiger partial charge in [-0.1, -0.05) is 0 Å². The van der Waals surface area contributed by atoms with E-state index >= 15 is 0 Å². The lowest BCUT2D eigenvalue weighted by Gasteiger charge is -2.11. The Morgan fingerprint density at radius 1 is 1.13 bits per heavy atom. The van der Waals surface area contributed by atoms with Gasteiger partial charge in [0.1, 0.15) is 10.6 Å². The van der Waals surface area contributed by atoms with Gasteiger partial charge in [0.25, 0.3) is 0 Å². The van der Waals surface area contributed by atoms with E-state index in [4.69, 9.17) is 5.11 Å². The van der Waals surface area contributed by atoms with Crippen molar-refractivity contribution in [3.63, 3.8) is 0 Å². The summed E-state index contributed by atoms with van der Waals surface area (Å²) in [7, 11) is -3.84. The van der Waals surface area contributed by atoms with Gasteiger partial charge in [0.2, 0.25) is 9.84 Å². The van der Waals surface area contributed by atoms with E-state index in [1.807, 2.05) is 22.6 Å². The van der Waals surface area contributed by atoms with Crippen LogP contribution in [0.4, 0.5) is 0 Å². The average Bonchev–Trinajstić information content (AvgIpc) is 2.39. The first kappa shape index (κ1) is 18.7. The maximum Gasteiger partial charge on any atom is 0.307 e. The fourth-order valence-corrected chi connectivity index (χ4v) is 6.59. The minimum absolute atomic E-state index is 0.000475. The van der Waals surface area contributed by atoms with E-state index in [-0.39, 0.29) is 30.9 Å². The Kier molecular flexibility index (Phi) is 5.75. The summed E-state index contributed by atoms with van der Waals surface area (Å²) >= 11 is 8.24. The number of hydrogen-bond acceptors (Lipinski definition) is 4. The Bertz CT molecular complexity index is 873. The number of carbonyl (C=O) groups is 1. The van der Waals surface area contributed by atoms with Crippen LogP contribution >= 0.6 is 54.5 Å². The van der Waals surface area contributed by atoms with Gasteiger partial charge in [0.05, 0.1) is 14.9 Å². The first-order chi connectivity index (χ1) is 10.6. The quantitative estimate of drug-likeness (QED) is 0.538. The highest BCUT2D eigenvalue weighted by Gasteiger charge is 2.25. The molecule has 0 saturated carbocycles. The van der Waals surface area contributed by atoms with E-state index in [2.05, 4.69) is 31.9 Å². The zero-order valence-corrected chi connectivity index (χ0v) is 17.4. The molecule has 0 bridgehead atoms. The number of hydrogen-bond donors (Lipinski definition) is 2. The maximum atomic E-state index is 12.8. The number of carboxylic acid groups (broad SMARTS) is 1. The first-order valence-corrected chi connectivity index (χ1v) is 10.2. The van der Waals surface area contributed by atoms with Crippen molar-refractivity contribution >= 4 is 70.3 Å². The Morgan fingerprint density at radius 3 is 2.17 bits per heavy atom. The molecule has 122 valence electrons. The van der Waals surface area contributed by atoms with Crippen LogP contribution in [0.15, 0.2) is 49.1 Å². The van der Waals surface area contributed by atoms with Gasteiger partial charge in [-0.15, -0.1) is 0 Å². The molecule has 0 fully saturated rings. The molecule has 0 spiro atoms. The van der Waals surface area contributed by atoms with Crippen LogP contribution in [-0.2, 0) is 21.1 Å². The second-order valence-corrected chi connectivity index (χ2v) is 9.33. The lowest BCUT2D eigenvalue weighted by atomic mass is 10.1. The highest BCUT2D eigenvalue weighted by molar-refractivity contribution is 14.1. The SMILES string of the molecule is O=C(O)Cc1cc(Br)c(S(=O)(=O)c2ccc(O)c(I)c2)c(Br)c1. The van der Waals surface area contributed by atoms with Gasteiger partial charge in [-0.25, -0.2) is 8.42 Å². The smallest absolute Gasteiger partial charge is 0.307 e. The molecule has 0 aliphatic rings. The maximum absolute atomic E-state index is 12.8. The Morgan fingerprint density at radius 2 is 1.70 bits per heavy atom. The van der Waals surface area contributed by atoms with Crippen LogP contribution < -0.4 is 0 Å². The molecular formula is C14H9Br2IO5S. The second kappa shape index (κ2) is 7.08. The largest absolute Gasteiger partial charge is 0.507 e. The van der Waals surface area contributed by atoms with Crippen molar-refractivity contribution in [3.05, 3.63) is 48.4 Å². The van der Waals surface area contributed by atoms with Gasteiger partial charge in [-0.3, -0.25) is 4.79 Å². The molecule has 0 aliphatic heterocycles. The van der Waals surface area contributed by atoms with Gasteiger partial charge in [-0.2, -0.15) is 0 Å². The summed E-state index contributed by atoms with van der Waals surface area (Å²) in [4.78, 5) is 10.8. The molecule has 2 rings (SSSR count). The van der Waals surface area contributed by atoms with E-state index in [0.717, 1.165) is 0 Å². The van der Waals surface area contributed by atoms with E-state index in [9.17, 15) is 18.3 Å². The molecule has 0 heterocycles. The van der Waals surface area contributed by atoms with Gasteiger partial charge in [-0.05, 0) is 90.3 Å². The van der Waals surface area contributed by atoms with E-state index < -0.39 is 15.8 Å². The normalized spacial score (nSPS) is 11.4. The third-order valence-electron chi connectivity index (χ3n) is 2.91. The topological polar surface area (TPSA) is 91.7 Å². The van der Waals surface area contributed by atoms with E-state index in [0.29, 0.717) is 9.13 Å². The molecule has 2 aromatic rings. The highest BCUT2D eigenvalue weighted by Crippen LogP contribution is 2.36. The van der Waals surface area contributed by atoms with Crippen LogP contribution in [0.5, 0.6) is 5.75 Å². The number of carboxylic acids is 1. The van der Waals surface area contributed by atoms with Crippen molar-refractivity contribution in [2.45, 2.75) is 16.2 Å². The predicted octanol–water partition coefficient (Wildman–Crippen LogP) is 3.98. The summed E-state index contributed by atoms with van der Waals surface area (Å²) in [6, 6.07) is 6.94. The molecule has 0 atom stereocenters. The number of aromatic hydroxyl groups is 1. The number of benzene rings is 2. The van der Waals surface area contributed by atoms with E-state index in [1.54, 1.807) is 0 Å². The fourth-order valence-electron chi connectivity index (χ4n) is 1.92. The van der Waals surface area contributed by atoms with Crippen molar-refractivity contribution in [1.82, 2.24) is 0 Å². The predicted molar refractivity (Wildman–Crippen MR) is 99.5 cm³/mol. The van der Waals surface area contributed by atoms with Crippen molar-refractivity contribution in [2.24, 2.45) is 0 Å².